The van der Waals surface area contributed by atoms with Crippen molar-refractivity contribution in [2.24, 2.45) is 0 Å². The van der Waals surface area contributed by atoms with Crippen LogP contribution in [0.15, 0.2) is 35.7 Å². The van der Waals surface area contributed by atoms with E-state index in [0.29, 0.717) is 12.6 Å². The first-order chi connectivity index (χ1) is 9.63. The summed E-state index contributed by atoms with van der Waals surface area (Å²) in [6.45, 7) is 0.560. The number of phenols is 1. The predicted octanol–water partition coefficient (Wildman–Crippen LogP) is 3.86. The molecule has 1 aromatic heterocycles. The summed E-state index contributed by atoms with van der Waals surface area (Å²) in [5.41, 5.74) is 1.74. The van der Waals surface area contributed by atoms with Crippen molar-refractivity contribution >= 4 is 39.8 Å². The molecule has 5 heteroatoms. The van der Waals surface area contributed by atoms with Crippen LogP contribution in [0.3, 0.4) is 0 Å². The monoisotopic (exact) mass is 399 g/mol. The van der Waals surface area contributed by atoms with Crippen LogP contribution in [0.25, 0.3) is 0 Å². The molecule has 104 valence electrons. The molecule has 1 fully saturated rings. The molecule has 0 radical (unpaired) electrons. The van der Waals surface area contributed by atoms with Crippen LogP contribution < -0.4 is 0 Å². The molecule has 1 aromatic carbocycles. The van der Waals surface area contributed by atoms with E-state index in [9.17, 15) is 9.90 Å². The zero-order valence-electron chi connectivity index (χ0n) is 10.8. The molecule has 1 N–H and O–H groups in total. The SMILES string of the molecule is O=C(c1csc(I)c1)N(Cc1cccc(O)c1)C1CC1. The first kappa shape index (κ1) is 13.9. The molecule has 1 aliphatic rings. The van der Waals surface area contributed by atoms with Crippen LogP contribution in [-0.4, -0.2) is 22.0 Å². The van der Waals surface area contributed by atoms with Crippen molar-refractivity contribution in [1.82, 2.24) is 4.90 Å². The second-order valence-electron chi connectivity index (χ2n) is 4.97. The fourth-order valence-corrected chi connectivity index (χ4v) is 3.51. The molecule has 1 amide bonds. The Morgan fingerprint density at radius 3 is 2.80 bits per heavy atom. The van der Waals surface area contributed by atoms with Crippen LogP contribution in [0.5, 0.6) is 5.75 Å². The van der Waals surface area contributed by atoms with Gasteiger partial charge in [-0.3, -0.25) is 4.79 Å². The Hall–Kier alpha value is -1.08. The van der Waals surface area contributed by atoms with Gasteiger partial charge in [-0.15, -0.1) is 11.3 Å². The van der Waals surface area contributed by atoms with Gasteiger partial charge in [-0.25, -0.2) is 0 Å². The van der Waals surface area contributed by atoms with Gasteiger partial charge in [0.1, 0.15) is 5.75 Å². The zero-order valence-corrected chi connectivity index (χ0v) is 13.7. The molecule has 1 aliphatic carbocycles. The lowest BCUT2D eigenvalue weighted by molar-refractivity contribution is 0.0730. The molecule has 0 unspecified atom stereocenters. The standard InChI is InChI=1S/C15H14INO2S/c16-14-7-11(9-20-14)15(19)17(12-4-5-12)8-10-2-1-3-13(18)6-10/h1-3,6-7,9,12,18H,4-5,8H2. The minimum absolute atomic E-state index is 0.0926. The Kier molecular flexibility index (Phi) is 3.98. The summed E-state index contributed by atoms with van der Waals surface area (Å²) in [7, 11) is 0. The van der Waals surface area contributed by atoms with Gasteiger partial charge in [0.05, 0.1) is 8.45 Å². The Bertz CT molecular complexity index is 636. The second-order valence-corrected chi connectivity index (χ2v) is 7.78. The predicted molar refractivity (Wildman–Crippen MR) is 88.0 cm³/mol. The van der Waals surface area contributed by atoms with E-state index in [0.717, 1.165) is 26.9 Å². The highest BCUT2D eigenvalue weighted by molar-refractivity contribution is 14.1. The number of thiophene rings is 1. The van der Waals surface area contributed by atoms with Gasteiger partial charge < -0.3 is 10.0 Å². The van der Waals surface area contributed by atoms with E-state index in [4.69, 9.17) is 0 Å². The van der Waals surface area contributed by atoms with Crippen molar-refractivity contribution in [3.63, 3.8) is 0 Å². The highest BCUT2D eigenvalue weighted by atomic mass is 127. The molecule has 0 saturated heterocycles. The second kappa shape index (κ2) is 5.73. The Labute approximate surface area is 135 Å². The maximum Gasteiger partial charge on any atom is 0.255 e. The Morgan fingerprint density at radius 2 is 2.20 bits per heavy atom. The maximum atomic E-state index is 12.6. The summed E-state index contributed by atoms with van der Waals surface area (Å²) in [5.74, 6) is 0.339. The van der Waals surface area contributed by atoms with Gasteiger partial charge >= 0.3 is 0 Å². The van der Waals surface area contributed by atoms with E-state index in [1.807, 2.05) is 28.5 Å². The van der Waals surface area contributed by atoms with Crippen LogP contribution in [0.1, 0.15) is 28.8 Å². The summed E-state index contributed by atoms with van der Waals surface area (Å²) < 4.78 is 1.12. The number of hydrogen-bond donors (Lipinski definition) is 1. The van der Waals surface area contributed by atoms with Crippen molar-refractivity contribution < 1.29 is 9.90 Å². The largest absolute Gasteiger partial charge is 0.508 e. The van der Waals surface area contributed by atoms with E-state index in [2.05, 4.69) is 22.6 Å². The average Bonchev–Trinajstić information content (AvgIpc) is 3.17. The number of rotatable bonds is 4. The van der Waals surface area contributed by atoms with Crippen molar-refractivity contribution in [1.29, 1.82) is 0 Å². The smallest absolute Gasteiger partial charge is 0.255 e. The number of carbonyl (C=O) groups excluding carboxylic acids is 1. The maximum absolute atomic E-state index is 12.6. The van der Waals surface area contributed by atoms with Gasteiger partial charge in [0.2, 0.25) is 0 Å². The van der Waals surface area contributed by atoms with E-state index < -0.39 is 0 Å². The van der Waals surface area contributed by atoms with E-state index in [1.165, 1.54) is 0 Å². The van der Waals surface area contributed by atoms with Crippen LogP contribution in [-0.2, 0) is 6.54 Å². The molecule has 0 spiro atoms. The third-order valence-electron chi connectivity index (χ3n) is 3.33. The number of benzene rings is 1. The van der Waals surface area contributed by atoms with Crippen LogP contribution in [0.2, 0.25) is 0 Å². The van der Waals surface area contributed by atoms with Crippen LogP contribution in [0.4, 0.5) is 0 Å². The summed E-state index contributed by atoms with van der Waals surface area (Å²) >= 11 is 3.82. The van der Waals surface area contributed by atoms with E-state index in [-0.39, 0.29) is 11.7 Å². The molecule has 1 heterocycles. The van der Waals surface area contributed by atoms with E-state index >= 15 is 0 Å². The Balaban J connectivity index is 1.81. The number of hydrogen-bond acceptors (Lipinski definition) is 3. The zero-order chi connectivity index (χ0) is 14.1. The summed E-state index contributed by atoms with van der Waals surface area (Å²) in [6.07, 6.45) is 2.15. The number of amides is 1. The number of phenolic OH excluding ortho intramolecular Hbond substituents is 1. The first-order valence-corrected chi connectivity index (χ1v) is 8.42. The van der Waals surface area contributed by atoms with Crippen LogP contribution in [0, 0.1) is 2.88 Å². The average molecular weight is 399 g/mol. The lowest BCUT2D eigenvalue weighted by Crippen LogP contribution is -2.32. The highest BCUT2D eigenvalue weighted by Crippen LogP contribution is 2.31. The fourth-order valence-electron chi connectivity index (χ4n) is 2.19. The van der Waals surface area contributed by atoms with Crippen molar-refractivity contribution in [2.45, 2.75) is 25.4 Å². The minimum Gasteiger partial charge on any atom is -0.508 e. The molecule has 2 aromatic rings. The first-order valence-electron chi connectivity index (χ1n) is 6.46. The Morgan fingerprint density at radius 1 is 1.40 bits per heavy atom. The van der Waals surface area contributed by atoms with Crippen LogP contribution >= 0.6 is 33.9 Å². The highest BCUT2D eigenvalue weighted by Gasteiger charge is 2.33. The fraction of sp³-hybridized carbons (Fsp3) is 0.267. The number of carbonyl (C=O) groups is 1. The van der Waals surface area contributed by atoms with Gasteiger partial charge in [-0.05, 0) is 59.2 Å². The summed E-state index contributed by atoms with van der Waals surface area (Å²) in [5, 5.41) is 11.5. The lowest BCUT2D eigenvalue weighted by Gasteiger charge is -2.22. The third kappa shape index (κ3) is 3.15. The normalized spacial score (nSPS) is 14.2. The summed E-state index contributed by atoms with van der Waals surface area (Å²) in [4.78, 5) is 14.5. The molecule has 3 nitrogen and oxygen atoms in total. The number of halogens is 1. The number of aromatic hydroxyl groups is 1. The topological polar surface area (TPSA) is 40.5 Å². The van der Waals surface area contributed by atoms with Gasteiger partial charge in [0, 0.05) is 18.0 Å². The van der Waals surface area contributed by atoms with Gasteiger partial charge in [-0.1, -0.05) is 12.1 Å². The number of nitrogens with zero attached hydrogens (tertiary/aromatic N) is 1. The lowest BCUT2D eigenvalue weighted by atomic mass is 10.2. The van der Waals surface area contributed by atoms with Gasteiger partial charge in [0.15, 0.2) is 0 Å². The molecule has 0 bridgehead atoms. The van der Waals surface area contributed by atoms with E-state index in [1.54, 1.807) is 23.5 Å². The third-order valence-corrected chi connectivity index (χ3v) is 5.12. The quantitative estimate of drug-likeness (QED) is 0.794. The molecular formula is C15H14INO2S. The van der Waals surface area contributed by atoms with Crippen molar-refractivity contribution in [3.8, 4) is 5.75 Å². The molecule has 20 heavy (non-hydrogen) atoms. The molecule has 3 rings (SSSR count). The molecular weight excluding hydrogens is 385 g/mol. The van der Waals surface area contributed by atoms with Crippen molar-refractivity contribution in [2.75, 3.05) is 0 Å². The molecule has 0 aliphatic heterocycles. The summed E-state index contributed by atoms with van der Waals surface area (Å²) in [6, 6.07) is 9.41. The van der Waals surface area contributed by atoms with Gasteiger partial charge in [0.25, 0.3) is 5.91 Å². The minimum atomic E-state index is 0.0926. The van der Waals surface area contributed by atoms with Gasteiger partial charge in [-0.2, -0.15) is 0 Å². The molecule has 0 atom stereocenters. The molecule has 1 saturated carbocycles. The van der Waals surface area contributed by atoms with Crippen molar-refractivity contribution in [3.05, 3.63) is 49.7 Å².